The van der Waals surface area contributed by atoms with E-state index in [4.69, 9.17) is 28.4 Å². The Morgan fingerprint density at radius 2 is 1.19 bits per heavy atom. The van der Waals surface area contributed by atoms with Crippen molar-refractivity contribution in [2.45, 2.75) is 5.60 Å². The molecule has 0 fully saturated rings. The normalized spacial score (nSPS) is 13.7. The van der Waals surface area contributed by atoms with Crippen LogP contribution in [0.25, 0.3) is 0 Å². The van der Waals surface area contributed by atoms with E-state index in [1.807, 2.05) is 0 Å². The molecule has 3 aromatic rings. The summed E-state index contributed by atoms with van der Waals surface area (Å²) < 4.78 is 34.3. The van der Waals surface area contributed by atoms with Crippen LogP contribution in [0.4, 0.5) is 0 Å². The van der Waals surface area contributed by atoms with Crippen LogP contribution in [0.5, 0.6) is 28.7 Å². The van der Waals surface area contributed by atoms with Crippen molar-refractivity contribution in [3.8, 4) is 28.7 Å². The second-order valence-corrected chi connectivity index (χ2v) is 7.09. The van der Waals surface area contributed by atoms with Crippen molar-refractivity contribution in [3.63, 3.8) is 0 Å². The molecule has 0 aromatic heterocycles. The van der Waals surface area contributed by atoms with Gasteiger partial charge in [-0.1, -0.05) is 6.07 Å². The van der Waals surface area contributed by atoms with E-state index >= 15 is 0 Å². The Morgan fingerprint density at radius 3 is 1.66 bits per heavy atom. The van der Waals surface area contributed by atoms with Crippen LogP contribution in [-0.2, 0) is 10.3 Å². The number of esters is 1. The molecule has 7 heteroatoms. The maximum Gasteiger partial charge on any atom is 0.340 e. The third-order valence-electron chi connectivity index (χ3n) is 5.64. The average Bonchev–Trinajstić information content (AvgIpc) is 3.16. The standard InChI is InChI=1S/C25H24O7/c1-27-15-9-11-20(29-3)18(13-15)25(19-14-16(28-2)10-12-21(19)30-4)23-17(24(26)32-25)7-6-8-22(23)31-5/h6-14H,1-5H3. The highest BCUT2D eigenvalue weighted by atomic mass is 16.6. The molecule has 0 saturated carbocycles. The molecule has 3 aromatic carbocycles. The molecule has 1 aliphatic heterocycles. The molecule has 0 aliphatic carbocycles. The Labute approximate surface area is 186 Å². The summed E-state index contributed by atoms with van der Waals surface area (Å²) in [5, 5.41) is 0. The van der Waals surface area contributed by atoms with Crippen LogP contribution in [0.1, 0.15) is 27.0 Å². The van der Waals surface area contributed by atoms with Gasteiger partial charge in [-0.15, -0.1) is 0 Å². The number of hydrogen-bond donors (Lipinski definition) is 0. The summed E-state index contributed by atoms with van der Waals surface area (Å²) in [5.74, 6) is 2.14. The molecule has 1 aliphatic rings. The average molecular weight is 436 g/mol. The number of fused-ring (bicyclic) bond motifs is 1. The van der Waals surface area contributed by atoms with Crippen LogP contribution in [0.3, 0.4) is 0 Å². The number of carbonyl (C=O) groups is 1. The van der Waals surface area contributed by atoms with E-state index in [1.165, 1.54) is 0 Å². The van der Waals surface area contributed by atoms with Gasteiger partial charge in [-0.25, -0.2) is 4.79 Å². The maximum atomic E-state index is 13.2. The summed E-state index contributed by atoms with van der Waals surface area (Å²) in [5.41, 5.74) is 0.605. The minimum atomic E-state index is -1.45. The minimum Gasteiger partial charge on any atom is -0.497 e. The van der Waals surface area contributed by atoms with Crippen molar-refractivity contribution in [3.05, 3.63) is 76.9 Å². The Morgan fingerprint density at radius 1 is 0.656 bits per heavy atom. The molecule has 0 bridgehead atoms. The molecule has 1 heterocycles. The smallest absolute Gasteiger partial charge is 0.340 e. The molecule has 0 saturated heterocycles. The lowest BCUT2D eigenvalue weighted by Gasteiger charge is -2.33. The number of ether oxygens (including phenoxy) is 6. The van der Waals surface area contributed by atoms with E-state index in [2.05, 4.69) is 0 Å². The van der Waals surface area contributed by atoms with Crippen LogP contribution in [-0.4, -0.2) is 41.5 Å². The van der Waals surface area contributed by atoms with Crippen molar-refractivity contribution >= 4 is 5.97 Å². The van der Waals surface area contributed by atoms with Crippen molar-refractivity contribution in [1.82, 2.24) is 0 Å². The van der Waals surface area contributed by atoms with E-state index in [9.17, 15) is 4.79 Å². The fraction of sp³-hybridized carbons (Fsp3) is 0.240. The van der Waals surface area contributed by atoms with Crippen LogP contribution >= 0.6 is 0 Å². The predicted octanol–water partition coefficient (Wildman–Crippen LogP) is 4.19. The SMILES string of the molecule is COc1ccc(OC)c(C2(c3cc(OC)ccc3OC)OC(=O)c3cccc(OC)c32)c1. The Hall–Kier alpha value is -3.87. The van der Waals surface area contributed by atoms with Gasteiger partial charge in [0, 0.05) is 0 Å². The molecular weight excluding hydrogens is 412 g/mol. The highest BCUT2D eigenvalue weighted by molar-refractivity contribution is 5.98. The maximum absolute atomic E-state index is 13.2. The monoisotopic (exact) mass is 436 g/mol. The first kappa shape index (κ1) is 21.4. The zero-order chi connectivity index (χ0) is 22.9. The molecule has 166 valence electrons. The molecule has 0 N–H and O–H groups in total. The van der Waals surface area contributed by atoms with Gasteiger partial charge in [-0.2, -0.15) is 0 Å². The van der Waals surface area contributed by atoms with Gasteiger partial charge in [0.1, 0.15) is 28.7 Å². The fourth-order valence-electron chi connectivity index (χ4n) is 4.18. The quantitative estimate of drug-likeness (QED) is 0.514. The lowest BCUT2D eigenvalue weighted by molar-refractivity contribution is 0.0233. The van der Waals surface area contributed by atoms with Gasteiger partial charge in [0.2, 0.25) is 0 Å². The molecule has 4 rings (SSSR count). The molecule has 0 unspecified atom stereocenters. The van der Waals surface area contributed by atoms with Gasteiger partial charge in [-0.05, 0) is 48.5 Å². The van der Waals surface area contributed by atoms with E-state index in [-0.39, 0.29) is 0 Å². The molecule has 32 heavy (non-hydrogen) atoms. The van der Waals surface area contributed by atoms with E-state index in [0.717, 1.165) is 0 Å². The molecular formula is C25H24O7. The lowest BCUT2D eigenvalue weighted by Crippen LogP contribution is -2.31. The van der Waals surface area contributed by atoms with E-state index < -0.39 is 11.6 Å². The highest BCUT2D eigenvalue weighted by Crippen LogP contribution is 2.55. The van der Waals surface area contributed by atoms with Gasteiger partial charge in [0.15, 0.2) is 5.60 Å². The van der Waals surface area contributed by atoms with Crippen molar-refractivity contribution in [2.24, 2.45) is 0 Å². The Balaban J connectivity index is 2.20. The second kappa shape index (κ2) is 8.34. The number of rotatable bonds is 7. The van der Waals surface area contributed by atoms with Crippen LogP contribution in [0.2, 0.25) is 0 Å². The Kier molecular flexibility index (Phi) is 5.57. The van der Waals surface area contributed by atoms with Gasteiger partial charge >= 0.3 is 5.97 Å². The second-order valence-electron chi connectivity index (χ2n) is 7.09. The summed E-state index contributed by atoms with van der Waals surface area (Å²) in [6.45, 7) is 0. The highest BCUT2D eigenvalue weighted by Gasteiger charge is 2.54. The summed E-state index contributed by atoms with van der Waals surface area (Å²) in [6, 6.07) is 15.9. The van der Waals surface area contributed by atoms with Crippen LogP contribution < -0.4 is 23.7 Å². The first-order chi connectivity index (χ1) is 15.5. The van der Waals surface area contributed by atoms with Crippen LogP contribution in [0.15, 0.2) is 54.6 Å². The number of cyclic esters (lactones) is 1. The number of benzene rings is 3. The van der Waals surface area contributed by atoms with Crippen molar-refractivity contribution < 1.29 is 33.2 Å². The zero-order valence-corrected chi connectivity index (χ0v) is 18.6. The third kappa shape index (κ3) is 3.09. The largest absolute Gasteiger partial charge is 0.497 e. The summed E-state index contributed by atoms with van der Waals surface area (Å²) in [7, 11) is 7.80. The van der Waals surface area contributed by atoms with Gasteiger partial charge in [-0.3, -0.25) is 0 Å². The first-order valence-electron chi connectivity index (χ1n) is 9.89. The fourth-order valence-corrected chi connectivity index (χ4v) is 4.18. The lowest BCUT2D eigenvalue weighted by atomic mass is 9.78. The summed E-state index contributed by atoms with van der Waals surface area (Å²) in [4.78, 5) is 13.2. The molecule has 0 radical (unpaired) electrons. The van der Waals surface area contributed by atoms with Crippen molar-refractivity contribution in [2.75, 3.05) is 35.5 Å². The third-order valence-corrected chi connectivity index (χ3v) is 5.64. The molecule has 0 amide bonds. The minimum absolute atomic E-state index is 0.388. The molecule has 0 atom stereocenters. The Bertz CT molecular complexity index is 1110. The predicted molar refractivity (Wildman–Crippen MR) is 117 cm³/mol. The topological polar surface area (TPSA) is 72.5 Å². The van der Waals surface area contributed by atoms with E-state index in [0.29, 0.717) is 51.0 Å². The summed E-state index contributed by atoms with van der Waals surface area (Å²) >= 11 is 0. The molecule has 0 spiro atoms. The van der Waals surface area contributed by atoms with Crippen molar-refractivity contribution in [1.29, 1.82) is 0 Å². The van der Waals surface area contributed by atoms with E-state index in [1.54, 1.807) is 90.1 Å². The molecule has 7 nitrogen and oxygen atoms in total. The van der Waals surface area contributed by atoms with Gasteiger partial charge < -0.3 is 28.4 Å². The first-order valence-corrected chi connectivity index (χ1v) is 9.89. The van der Waals surface area contributed by atoms with Crippen LogP contribution in [0, 0.1) is 0 Å². The number of methoxy groups -OCH3 is 5. The van der Waals surface area contributed by atoms with Gasteiger partial charge in [0.05, 0.1) is 57.8 Å². The zero-order valence-electron chi connectivity index (χ0n) is 18.6. The number of carbonyl (C=O) groups excluding carboxylic acids is 1. The number of hydrogen-bond acceptors (Lipinski definition) is 7. The van der Waals surface area contributed by atoms with Gasteiger partial charge in [0.25, 0.3) is 0 Å². The summed E-state index contributed by atoms with van der Waals surface area (Å²) in [6.07, 6.45) is 0.